The minimum Gasteiger partial charge on any atom is -0.479 e. The van der Waals surface area contributed by atoms with E-state index in [0.717, 1.165) is 10.9 Å². The van der Waals surface area contributed by atoms with E-state index in [4.69, 9.17) is 14.2 Å². The molecule has 0 aliphatic rings. The van der Waals surface area contributed by atoms with E-state index >= 15 is 4.39 Å². The molecule has 17 heteroatoms. The van der Waals surface area contributed by atoms with E-state index in [2.05, 4.69) is 25.4 Å². The Hall–Kier alpha value is -4.28. The van der Waals surface area contributed by atoms with Crippen LogP contribution in [0, 0.1) is 5.82 Å². The van der Waals surface area contributed by atoms with Crippen LogP contribution in [-0.4, -0.2) is 66.8 Å². The summed E-state index contributed by atoms with van der Waals surface area (Å²) in [5, 5.41) is 15.5. The van der Waals surface area contributed by atoms with Crippen molar-refractivity contribution in [1.82, 2.24) is 29.3 Å². The van der Waals surface area contributed by atoms with Crippen molar-refractivity contribution in [2.45, 2.75) is 39.3 Å². The molecule has 1 unspecified atom stereocenters. The number of nitrogens with one attached hydrogen (secondary N) is 1. The van der Waals surface area contributed by atoms with Crippen LogP contribution < -0.4 is 25.2 Å². The quantitative estimate of drug-likeness (QED) is 0.388. The molecule has 0 bridgehead atoms. The Labute approximate surface area is 205 Å². The van der Waals surface area contributed by atoms with E-state index < -0.39 is 53.6 Å². The Morgan fingerprint density at radius 2 is 1.81 bits per heavy atom. The van der Waals surface area contributed by atoms with Gasteiger partial charge in [-0.25, -0.2) is 9.18 Å². The zero-order chi connectivity index (χ0) is 27.5. The summed E-state index contributed by atoms with van der Waals surface area (Å²) in [5.41, 5.74) is -1.90. The number of carbonyl (C=O) groups is 1. The third-order valence-corrected chi connectivity index (χ3v) is 4.92. The molecule has 1 atom stereocenters. The van der Waals surface area contributed by atoms with Gasteiger partial charge < -0.3 is 24.6 Å². The van der Waals surface area contributed by atoms with Crippen LogP contribution in [0.15, 0.2) is 17.2 Å². The molecule has 0 aliphatic carbocycles. The van der Waals surface area contributed by atoms with Gasteiger partial charge >= 0.3 is 11.9 Å². The van der Waals surface area contributed by atoms with Gasteiger partial charge in [-0.15, -0.1) is 5.10 Å². The summed E-state index contributed by atoms with van der Waals surface area (Å²) in [7, 11) is 2.45. The van der Waals surface area contributed by atoms with Crippen molar-refractivity contribution in [2.75, 3.05) is 19.5 Å². The fourth-order valence-corrected chi connectivity index (χ4v) is 3.06. The van der Waals surface area contributed by atoms with Gasteiger partial charge in [0.25, 0.3) is 5.91 Å². The molecular weight excluding hydrogens is 510 g/mol. The molecule has 3 aromatic rings. The second-order valence-electron chi connectivity index (χ2n) is 7.18. The summed E-state index contributed by atoms with van der Waals surface area (Å²) in [6.07, 6.45) is -6.29. The summed E-state index contributed by atoms with van der Waals surface area (Å²) >= 11 is 0. The first kappa shape index (κ1) is 27.3. The van der Waals surface area contributed by atoms with Crippen molar-refractivity contribution in [3.8, 4) is 23.5 Å². The van der Waals surface area contributed by atoms with E-state index in [1.54, 1.807) is 6.92 Å². The number of hydrogen-bond acceptors (Lipinski definition) is 10. The molecule has 1 amide bonds. The Morgan fingerprint density at radius 3 is 2.30 bits per heavy atom. The van der Waals surface area contributed by atoms with Gasteiger partial charge in [-0.2, -0.15) is 32.8 Å². The lowest BCUT2D eigenvalue weighted by molar-refractivity contribution is -0.190. The first-order valence-corrected chi connectivity index (χ1v) is 10.4. The smallest absolute Gasteiger partial charge is 0.425 e. The number of nitrogens with zero attached hydrogens (tertiary/aromatic N) is 6. The zero-order valence-corrected chi connectivity index (χ0v) is 19.8. The highest BCUT2D eigenvalue weighted by molar-refractivity contribution is 6.07. The summed E-state index contributed by atoms with van der Waals surface area (Å²) in [5.74, 6) is -4.77. The highest BCUT2D eigenvalue weighted by atomic mass is 19.4. The molecule has 37 heavy (non-hydrogen) atoms. The third-order valence-electron chi connectivity index (χ3n) is 4.92. The van der Waals surface area contributed by atoms with Gasteiger partial charge in [-0.1, -0.05) is 0 Å². The van der Waals surface area contributed by atoms with Gasteiger partial charge in [0.1, 0.15) is 18.5 Å². The maximum Gasteiger partial charge on any atom is 0.425 e. The monoisotopic (exact) mass is 531 g/mol. The molecule has 0 aliphatic heterocycles. The maximum atomic E-state index is 15.1. The normalized spacial score (nSPS) is 12.2. The number of amides is 1. The number of methoxy groups -OCH3 is 2. The number of rotatable bonds is 9. The van der Waals surface area contributed by atoms with Crippen LogP contribution >= 0.6 is 0 Å². The number of carbonyl (C=O) groups excluding carboxylic acids is 1. The molecule has 3 heterocycles. The largest absolute Gasteiger partial charge is 0.479 e. The average Bonchev–Trinajstić information content (AvgIpc) is 3.19. The molecule has 200 valence electrons. The predicted molar refractivity (Wildman–Crippen MR) is 116 cm³/mol. The molecule has 13 nitrogen and oxygen atoms in total. The predicted octanol–water partition coefficient (Wildman–Crippen LogP) is 1.47. The molecule has 0 spiro atoms. The average molecular weight is 531 g/mol. The fraction of sp³-hybridized carbons (Fsp3) is 0.400. The van der Waals surface area contributed by atoms with Crippen molar-refractivity contribution in [1.29, 1.82) is 0 Å². The molecule has 3 aromatic heterocycles. The van der Waals surface area contributed by atoms with Gasteiger partial charge in [0.2, 0.25) is 17.6 Å². The molecule has 3 rings (SSSR count). The summed E-state index contributed by atoms with van der Waals surface area (Å²) in [6, 6.07) is 0.523. The molecule has 0 aromatic carbocycles. The number of aliphatic hydroxyl groups is 1. The number of hydrogen-bond donors (Lipinski definition) is 2. The second kappa shape index (κ2) is 10.8. The van der Waals surface area contributed by atoms with E-state index in [1.165, 1.54) is 14.2 Å². The minimum atomic E-state index is -4.88. The zero-order valence-electron chi connectivity index (χ0n) is 19.8. The van der Waals surface area contributed by atoms with Crippen LogP contribution in [-0.2, 0) is 13.2 Å². The van der Waals surface area contributed by atoms with Gasteiger partial charge in [0.15, 0.2) is 29.3 Å². The van der Waals surface area contributed by atoms with Crippen molar-refractivity contribution >= 4 is 11.6 Å². The molecular formula is C20H21F4N7O6. The van der Waals surface area contributed by atoms with Crippen molar-refractivity contribution in [2.24, 2.45) is 0 Å². The van der Waals surface area contributed by atoms with Gasteiger partial charge in [-0.3, -0.25) is 9.36 Å². The van der Waals surface area contributed by atoms with Crippen molar-refractivity contribution < 1.29 is 41.7 Å². The Morgan fingerprint density at radius 1 is 1.19 bits per heavy atom. The van der Waals surface area contributed by atoms with Crippen LogP contribution in [0.2, 0.25) is 0 Å². The number of alkyl halides is 3. The lowest BCUT2D eigenvalue weighted by Gasteiger charge is -2.19. The maximum absolute atomic E-state index is 15.1. The number of ether oxygens (including phenoxy) is 3. The SMILES string of the molecule is CCn1c(CO)nn(-c2nc(OC(C)C(F)(F)F)c(C(=O)Nc3c(OC)ncnc3OC)cc2F)c1=O. The minimum absolute atomic E-state index is 0.0497. The number of pyridine rings is 1. The van der Waals surface area contributed by atoms with Crippen LogP contribution in [0.4, 0.5) is 23.2 Å². The topological polar surface area (TPSA) is 156 Å². The highest BCUT2D eigenvalue weighted by Gasteiger charge is 2.39. The Balaban J connectivity index is 2.17. The Kier molecular flexibility index (Phi) is 7.95. The van der Waals surface area contributed by atoms with Crippen LogP contribution in [0.1, 0.15) is 30.0 Å². The van der Waals surface area contributed by atoms with Crippen LogP contribution in [0.5, 0.6) is 17.6 Å². The highest BCUT2D eigenvalue weighted by Crippen LogP contribution is 2.32. The summed E-state index contributed by atoms with van der Waals surface area (Å²) in [4.78, 5) is 37.0. The van der Waals surface area contributed by atoms with Gasteiger partial charge in [-0.05, 0) is 19.9 Å². The number of aromatic nitrogens is 6. The molecule has 0 saturated carbocycles. The molecule has 0 radical (unpaired) electrons. The van der Waals surface area contributed by atoms with Crippen molar-refractivity contribution in [3.05, 3.63) is 40.1 Å². The lowest BCUT2D eigenvalue weighted by Crippen LogP contribution is -2.33. The first-order valence-electron chi connectivity index (χ1n) is 10.4. The standard InChI is InChI=1S/C20H21F4N7O6/c1-5-30-12(7-32)29-31(19(30)34)14-11(21)6-10(16(28-14)37-9(2)20(22,23)24)15(33)27-13-17(35-3)25-8-26-18(13)36-4/h6,8-9,32H,5,7H2,1-4H3,(H,27,33). The van der Waals surface area contributed by atoms with Crippen molar-refractivity contribution in [3.63, 3.8) is 0 Å². The van der Waals surface area contributed by atoms with Gasteiger partial charge in [0, 0.05) is 6.54 Å². The van der Waals surface area contributed by atoms with Crippen LogP contribution in [0.3, 0.4) is 0 Å². The van der Waals surface area contributed by atoms with E-state index in [1.807, 2.05) is 0 Å². The molecule has 0 saturated heterocycles. The summed E-state index contributed by atoms with van der Waals surface area (Å²) in [6.45, 7) is 1.56. The van der Waals surface area contributed by atoms with E-state index in [9.17, 15) is 27.9 Å². The lowest BCUT2D eigenvalue weighted by atomic mass is 10.2. The first-order chi connectivity index (χ1) is 17.5. The number of aliphatic hydroxyl groups excluding tert-OH is 1. The van der Waals surface area contributed by atoms with E-state index in [0.29, 0.717) is 17.7 Å². The van der Waals surface area contributed by atoms with Gasteiger partial charge in [0.05, 0.1) is 14.2 Å². The third kappa shape index (κ3) is 5.45. The number of anilines is 1. The fourth-order valence-electron chi connectivity index (χ4n) is 3.06. The number of halogens is 4. The molecule has 0 fully saturated rings. The Bertz CT molecular complexity index is 1340. The van der Waals surface area contributed by atoms with Crippen LogP contribution in [0.25, 0.3) is 5.82 Å². The van der Waals surface area contributed by atoms with E-state index in [-0.39, 0.29) is 29.8 Å². The molecule has 2 N–H and O–H groups in total. The summed E-state index contributed by atoms with van der Waals surface area (Å²) < 4.78 is 71.3. The second-order valence-corrected chi connectivity index (χ2v) is 7.18.